The van der Waals surface area contributed by atoms with E-state index >= 15 is 0 Å². The molecular weight excluding hydrogens is 296 g/mol. The quantitative estimate of drug-likeness (QED) is 0.845. The largest absolute Gasteiger partial charge is 0.356 e. The normalized spacial score (nSPS) is 9.89. The van der Waals surface area contributed by atoms with E-state index in [2.05, 4.69) is 26.6 Å². The van der Waals surface area contributed by atoms with Crippen molar-refractivity contribution in [3.8, 4) is 0 Å². The van der Waals surface area contributed by atoms with Crippen LogP contribution in [0.25, 0.3) is 0 Å². The van der Waals surface area contributed by atoms with Gasteiger partial charge in [-0.1, -0.05) is 22.9 Å². The average Bonchev–Trinajstić information content (AvgIpc) is 2.37. The minimum atomic E-state index is -0.161. The van der Waals surface area contributed by atoms with Gasteiger partial charge in [0.25, 0.3) is 5.91 Å². The Kier molecular flexibility index (Phi) is 6.43. The van der Waals surface area contributed by atoms with Gasteiger partial charge in [-0.2, -0.15) is 0 Å². The molecule has 0 aliphatic rings. The third kappa shape index (κ3) is 5.31. The number of rotatable bonds is 6. The lowest BCUT2D eigenvalue weighted by Gasteiger charge is -2.06. The molecule has 2 N–H and O–H groups in total. The van der Waals surface area contributed by atoms with Crippen molar-refractivity contribution in [2.75, 3.05) is 13.1 Å². The second kappa shape index (κ2) is 7.87. The van der Waals surface area contributed by atoms with Crippen LogP contribution >= 0.6 is 15.9 Å². The topological polar surface area (TPSA) is 58.2 Å². The van der Waals surface area contributed by atoms with Gasteiger partial charge in [0.05, 0.1) is 0 Å². The van der Waals surface area contributed by atoms with Crippen LogP contribution in [0.1, 0.15) is 30.1 Å². The predicted molar refractivity (Wildman–Crippen MR) is 74.4 cm³/mol. The maximum absolute atomic E-state index is 11.7. The fourth-order valence-corrected chi connectivity index (χ4v) is 1.61. The number of benzene rings is 1. The van der Waals surface area contributed by atoms with Crippen LogP contribution < -0.4 is 10.6 Å². The smallest absolute Gasteiger partial charge is 0.251 e. The molecule has 0 aliphatic heterocycles. The van der Waals surface area contributed by atoms with Crippen molar-refractivity contribution in [3.05, 3.63) is 34.3 Å². The first kappa shape index (κ1) is 14.7. The molecule has 0 spiro atoms. The minimum absolute atomic E-state index is 0.0343. The molecule has 1 aromatic rings. The summed E-state index contributed by atoms with van der Waals surface area (Å²) in [7, 11) is 0. The highest BCUT2D eigenvalue weighted by atomic mass is 79.9. The molecule has 18 heavy (non-hydrogen) atoms. The summed E-state index contributed by atoms with van der Waals surface area (Å²) >= 11 is 3.31. The standard InChI is InChI=1S/C13H17BrN2O2/c1-2-8-15-12(17)7-9-16-13(18)10-3-5-11(14)6-4-10/h3-6H,2,7-9H2,1H3,(H,15,17)(H,16,18). The van der Waals surface area contributed by atoms with Gasteiger partial charge in [0.1, 0.15) is 0 Å². The molecule has 5 heteroatoms. The third-order valence-electron chi connectivity index (χ3n) is 2.32. The molecular formula is C13H17BrN2O2. The van der Waals surface area contributed by atoms with Crippen molar-refractivity contribution >= 4 is 27.7 Å². The molecule has 0 aromatic heterocycles. The monoisotopic (exact) mass is 312 g/mol. The fraction of sp³-hybridized carbons (Fsp3) is 0.385. The molecule has 0 saturated carbocycles. The van der Waals surface area contributed by atoms with Gasteiger partial charge < -0.3 is 10.6 Å². The van der Waals surface area contributed by atoms with Crippen molar-refractivity contribution in [1.82, 2.24) is 10.6 Å². The average molecular weight is 313 g/mol. The van der Waals surface area contributed by atoms with Crippen LogP contribution in [0.3, 0.4) is 0 Å². The van der Waals surface area contributed by atoms with Crippen LogP contribution in [0.15, 0.2) is 28.7 Å². The van der Waals surface area contributed by atoms with Crippen molar-refractivity contribution in [2.24, 2.45) is 0 Å². The number of amides is 2. The van der Waals surface area contributed by atoms with Crippen molar-refractivity contribution in [2.45, 2.75) is 19.8 Å². The summed E-state index contributed by atoms with van der Waals surface area (Å²) in [6, 6.07) is 7.08. The summed E-state index contributed by atoms with van der Waals surface area (Å²) in [4.78, 5) is 23.0. The van der Waals surface area contributed by atoms with E-state index in [9.17, 15) is 9.59 Å². The fourth-order valence-electron chi connectivity index (χ4n) is 1.35. The van der Waals surface area contributed by atoms with E-state index in [0.717, 1.165) is 10.9 Å². The highest BCUT2D eigenvalue weighted by molar-refractivity contribution is 9.10. The Balaban J connectivity index is 2.29. The van der Waals surface area contributed by atoms with Gasteiger partial charge in [0.2, 0.25) is 5.91 Å². The van der Waals surface area contributed by atoms with Crippen LogP contribution in [0, 0.1) is 0 Å². The Labute approximate surface area is 115 Å². The zero-order chi connectivity index (χ0) is 13.4. The lowest BCUT2D eigenvalue weighted by Crippen LogP contribution is -2.31. The van der Waals surface area contributed by atoms with E-state index in [1.165, 1.54) is 0 Å². The number of hydrogen-bond acceptors (Lipinski definition) is 2. The van der Waals surface area contributed by atoms with Gasteiger partial charge in [0.15, 0.2) is 0 Å². The predicted octanol–water partition coefficient (Wildman–Crippen LogP) is 2.10. The highest BCUT2D eigenvalue weighted by Crippen LogP contribution is 2.10. The van der Waals surface area contributed by atoms with Gasteiger partial charge >= 0.3 is 0 Å². The molecule has 0 fully saturated rings. The molecule has 1 rings (SSSR count). The molecule has 98 valence electrons. The summed E-state index contributed by atoms with van der Waals surface area (Å²) in [5.74, 6) is -0.196. The highest BCUT2D eigenvalue weighted by Gasteiger charge is 2.05. The van der Waals surface area contributed by atoms with Crippen LogP contribution in [0.2, 0.25) is 0 Å². The van der Waals surface area contributed by atoms with E-state index in [4.69, 9.17) is 0 Å². The van der Waals surface area contributed by atoms with Gasteiger partial charge in [-0.3, -0.25) is 9.59 Å². The summed E-state index contributed by atoms with van der Waals surface area (Å²) < 4.78 is 0.929. The van der Waals surface area contributed by atoms with Crippen molar-refractivity contribution in [1.29, 1.82) is 0 Å². The second-order valence-electron chi connectivity index (χ2n) is 3.86. The third-order valence-corrected chi connectivity index (χ3v) is 2.84. The molecule has 0 unspecified atom stereocenters. The maximum atomic E-state index is 11.7. The van der Waals surface area contributed by atoms with E-state index in [0.29, 0.717) is 25.1 Å². The lowest BCUT2D eigenvalue weighted by molar-refractivity contribution is -0.120. The first-order valence-corrected chi connectivity index (χ1v) is 6.73. The molecule has 0 saturated heterocycles. The molecule has 0 atom stereocenters. The first-order valence-electron chi connectivity index (χ1n) is 5.94. The van der Waals surface area contributed by atoms with Gasteiger partial charge in [-0.25, -0.2) is 0 Å². The number of carbonyl (C=O) groups is 2. The molecule has 1 aromatic carbocycles. The zero-order valence-electron chi connectivity index (χ0n) is 10.3. The molecule has 0 aliphatic carbocycles. The number of hydrogen-bond donors (Lipinski definition) is 2. The number of halogens is 1. The molecule has 0 bridgehead atoms. The maximum Gasteiger partial charge on any atom is 0.251 e. The van der Waals surface area contributed by atoms with Crippen molar-refractivity contribution < 1.29 is 9.59 Å². The van der Waals surface area contributed by atoms with Crippen LogP contribution in [-0.2, 0) is 4.79 Å². The molecule has 2 amide bonds. The molecule has 0 heterocycles. The van der Waals surface area contributed by atoms with E-state index in [-0.39, 0.29) is 11.8 Å². The second-order valence-corrected chi connectivity index (χ2v) is 4.78. The van der Waals surface area contributed by atoms with Crippen LogP contribution in [-0.4, -0.2) is 24.9 Å². The summed E-state index contributed by atoms with van der Waals surface area (Å²) in [6.07, 6.45) is 1.22. The van der Waals surface area contributed by atoms with Crippen LogP contribution in [0.4, 0.5) is 0 Å². The van der Waals surface area contributed by atoms with E-state index < -0.39 is 0 Å². The molecule has 4 nitrogen and oxygen atoms in total. The first-order chi connectivity index (χ1) is 8.63. The summed E-state index contributed by atoms with van der Waals surface area (Å²) in [5.41, 5.74) is 0.590. The van der Waals surface area contributed by atoms with E-state index in [1.807, 2.05) is 19.1 Å². The Morgan fingerprint density at radius 1 is 1.11 bits per heavy atom. The SMILES string of the molecule is CCCNC(=O)CCNC(=O)c1ccc(Br)cc1. The Morgan fingerprint density at radius 2 is 1.78 bits per heavy atom. The number of nitrogens with one attached hydrogen (secondary N) is 2. The van der Waals surface area contributed by atoms with Crippen molar-refractivity contribution in [3.63, 3.8) is 0 Å². The number of carbonyl (C=O) groups excluding carboxylic acids is 2. The Morgan fingerprint density at radius 3 is 2.39 bits per heavy atom. The Hall–Kier alpha value is -1.36. The zero-order valence-corrected chi connectivity index (χ0v) is 11.9. The Bertz CT molecular complexity index is 404. The summed E-state index contributed by atoms with van der Waals surface area (Å²) in [6.45, 7) is 3.03. The van der Waals surface area contributed by atoms with Gasteiger partial charge in [-0.15, -0.1) is 0 Å². The van der Waals surface area contributed by atoms with Gasteiger partial charge in [-0.05, 0) is 30.7 Å². The van der Waals surface area contributed by atoms with Gasteiger partial charge in [0, 0.05) is 29.5 Å². The minimum Gasteiger partial charge on any atom is -0.356 e. The lowest BCUT2D eigenvalue weighted by atomic mass is 10.2. The van der Waals surface area contributed by atoms with E-state index in [1.54, 1.807) is 12.1 Å². The summed E-state index contributed by atoms with van der Waals surface area (Å²) in [5, 5.41) is 5.47. The van der Waals surface area contributed by atoms with Crippen LogP contribution in [0.5, 0.6) is 0 Å². The molecule has 0 radical (unpaired) electrons.